The molecule has 0 bridgehead atoms. The predicted octanol–water partition coefficient (Wildman–Crippen LogP) is 2.17. The van der Waals surface area contributed by atoms with Crippen molar-refractivity contribution in [1.29, 1.82) is 0 Å². The smallest absolute Gasteiger partial charge is 0.0727 e. The molecule has 0 aromatic rings. The van der Waals surface area contributed by atoms with Crippen LogP contribution in [0.25, 0.3) is 0 Å². The molecule has 1 aliphatic rings. The normalized spacial score (nSPS) is 23.6. The van der Waals surface area contributed by atoms with Gasteiger partial charge in [-0.05, 0) is 51.1 Å². The number of hydrogen-bond donors (Lipinski definition) is 1. The van der Waals surface area contributed by atoms with Gasteiger partial charge in [-0.15, -0.1) is 0 Å². The lowest BCUT2D eigenvalue weighted by Crippen LogP contribution is -2.34. The Kier molecular flexibility index (Phi) is 5.41. The summed E-state index contributed by atoms with van der Waals surface area (Å²) in [5.41, 5.74) is 5.45. The largest absolute Gasteiger partial charge is 0.393 e. The minimum Gasteiger partial charge on any atom is -0.393 e. The minimum absolute atomic E-state index is 0.664. The fourth-order valence-corrected chi connectivity index (χ4v) is 2.27. The molecule has 0 aromatic heterocycles. The first kappa shape index (κ1) is 11.9. The van der Waals surface area contributed by atoms with Crippen molar-refractivity contribution < 1.29 is 0 Å². The van der Waals surface area contributed by atoms with Crippen LogP contribution in [0.4, 0.5) is 0 Å². The van der Waals surface area contributed by atoms with Gasteiger partial charge in [-0.3, -0.25) is 0 Å². The number of nitrogens with two attached hydrogens (primary N) is 1. The van der Waals surface area contributed by atoms with Crippen LogP contribution in [0.3, 0.4) is 0 Å². The zero-order valence-electron chi connectivity index (χ0n) is 9.17. The summed E-state index contributed by atoms with van der Waals surface area (Å²) < 4.78 is 0. The summed E-state index contributed by atoms with van der Waals surface area (Å²) in [5.74, 6) is 0.888. The SMILES string of the molecule is CC1CCCN(CCCCC(N)=S)C1. The molecule has 0 amide bonds. The maximum absolute atomic E-state index is 5.45. The molecule has 14 heavy (non-hydrogen) atoms. The van der Waals surface area contributed by atoms with Crippen molar-refractivity contribution in [2.24, 2.45) is 11.7 Å². The van der Waals surface area contributed by atoms with E-state index in [1.54, 1.807) is 0 Å². The van der Waals surface area contributed by atoms with E-state index in [0.717, 1.165) is 18.8 Å². The van der Waals surface area contributed by atoms with Gasteiger partial charge >= 0.3 is 0 Å². The van der Waals surface area contributed by atoms with E-state index in [2.05, 4.69) is 11.8 Å². The van der Waals surface area contributed by atoms with Crippen LogP contribution in [0.2, 0.25) is 0 Å². The topological polar surface area (TPSA) is 29.3 Å². The minimum atomic E-state index is 0.664. The van der Waals surface area contributed by atoms with Gasteiger partial charge in [-0.25, -0.2) is 0 Å². The summed E-state index contributed by atoms with van der Waals surface area (Å²) in [6.07, 6.45) is 6.09. The van der Waals surface area contributed by atoms with Gasteiger partial charge in [0.1, 0.15) is 0 Å². The lowest BCUT2D eigenvalue weighted by atomic mass is 10.00. The fourth-order valence-electron chi connectivity index (χ4n) is 2.12. The van der Waals surface area contributed by atoms with Crippen molar-refractivity contribution >= 4 is 17.2 Å². The molecule has 3 heteroatoms. The summed E-state index contributed by atoms with van der Waals surface area (Å²) >= 11 is 4.85. The molecule has 0 saturated carbocycles. The highest BCUT2D eigenvalue weighted by Crippen LogP contribution is 2.15. The van der Waals surface area contributed by atoms with E-state index >= 15 is 0 Å². The Hall–Kier alpha value is -0.150. The number of thiocarbonyl (C=S) groups is 1. The van der Waals surface area contributed by atoms with Crippen molar-refractivity contribution in [3.63, 3.8) is 0 Å². The molecule has 82 valence electrons. The average Bonchev–Trinajstić information content (AvgIpc) is 2.12. The summed E-state index contributed by atoms with van der Waals surface area (Å²) in [7, 11) is 0. The van der Waals surface area contributed by atoms with Crippen LogP contribution in [0.1, 0.15) is 39.0 Å². The first-order valence-corrected chi connectivity index (χ1v) is 6.10. The summed E-state index contributed by atoms with van der Waals surface area (Å²) in [6, 6.07) is 0. The first-order valence-electron chi connectivity index (χ1n) is 5.69. The van der Waals surface area contributed by atoms with Gasteiger partial charge in [0.25, 0.3) is 0 Å². The van der Waals surface area contributed by atoms with Gasteiger partial charge < -0.3 is 10.6 Å². The van der Waals surface area contributed by atoms with Crippen LogP contribution in [0.15, 0.2) is 0 Å². The van der Waals surface area contributed by atoms with Crippen LogP contribution < -0.4 is 5.73 Å². The molecule has 1 heterocycles. The van der Waals surface area contributed by atoms with Crippen LogP contribution in [0.5, 0.6) is 0 Å². The van der Waals surface area contributed by atoms with E-state index < -0.39 is 0 Å². The molecule has 1 aliphatic heterocycles. The molecule has 1 saturated heterocycles. The van der Waals surface area contributed by atoms with E-state index in [1.807, 2.05) is 0 Å². The average molecular weight is 214 g/mol. The monoisotopic (exact) mass is 214 g/mol. The van der Waals surface area contributed by atoms with Gasteiger partial charge in [-0.2, -0.15) is 0 Å². The maximum atomic E-state index is 5.45. The molecular weight excluding hydrogens is 192 g/mol. The molecule has 0 aromatic carbocycles. The number of unbranched alkanes of at least 4 members (excludes halogenated alkanes) is 1. The van der Waals surface area contributed by atoms with Gasteiger partial charge in [0.2, 0.25) is 0 Å². The lowest BCUT2D eigenvalue weighted by Gasteiger charge is -2.30. The Labute approximate surface area is 92.8 Å². The van der Waals surface area contributed by atoms with Crippen LogP contribution in [-0.4, -0.2) is 29.5 Å². The summed E-state index contributed by atoms with van der Waals surface area (Å²) in [4.78, 5) is 3.24. The van der Waals surface area contributed by atoms with Crippen molar-refractivity contribution in [2.75, 3.05) is 19.6 Å². The molecule has 1 fully saturated rings. The van der Waals surface area contributed by atoms with Crippen LogP contribution in [0, 0.1) is 5.92 Å². The van der Waals surface area contributed by atoms with E-state index in [-0.39, 0.29) is 0 Å². The van der Waals surface area contributed by atoms with Gasteiger partial charge in [-0.1, -0.05) is 19.1 Å². The van der Waals surface area contributed by atoms with Crippen molar-refractivity contribution in [3.8, 4) is 0 Å². The third-order valence-corrected chi connectivity index (χ3v) is 3.09. The maximum Gasteiger partial charge on any atom is 0.0727 e. The van der Waals surface area contributed by atoms with Crippen molar-refractivity contribution in [1.82, 2.24) is 4.90 Å². The molecule has 1 rings (SSSR count). The molecule has 2 N–H and O–H groups in total. The Bertz CT molecular complexity index is 182. The van der Waals surface area contributed by atoms with E-state index in [0.29, 0.717) is 4.99 Å². The Morgan fingerprint density at radius 1 is 1.50 bits per heavy atom. The highest BCUT2D eigenvalue weighted by atomic mass is 32.1. The van der Waals surface area contributed by atoms with Gasteiger partial charge in [0.05, 0.1) is 4.99 Å². The van der Waals surface area contributed by atoms with E-state index in [4.69, 9.17) is 18.0 Å². The molecule has 2 nitrogen and oxygen atoms in total. The third-order valence-electron chi connectivity index (χ3n) is 2.89. The predicted molar refractivity (Wildman–Crippen MR) is 65.5 cm³/mol. The summed E-state index contributed by atoms with van der Waals surface area (Å²) in [5, 5.41) is 0. The van der Waals surface area contributed by atoms with Crippen molar-refractivity contribution in [2.45, 2.75) is 39.0 Å². The highest BCUT2D eigenvalue weighted by Gasteiger charge is 2.15. The standard InChI is InChI=1S/C11H22N2S/c1-10-5-4-8-13(9-10)7-3-2-6-11(12)14/h10H,2-9H2,1H3,(H2,12,14). The third kappa shape index (κ3) is 4.91. The second-order valence-electron chi connectivity index (χ2n) is 4.47. The van der Waals surface area contributed by atoms with E-state index in [9.17, 15) is 0 Å². The van der Waals surface area contributed by atoms with E-state index in [1.165, 1.54) is 38.9 Å². The second-order valence-corrected chi connectivity index (χ2v) is 5.00. The zero-order chi connectivity index (χ0) is 10.4. The number of likely N-dealkylation sites (tertiary alicyclic amines) is 1. The Balaban J connectivity index is 2.03. The first-order chi connectivity index (χ1) is 6.68. The Morgan fingerprint density at radius 2 is 2.29 bits per heavy atom. The molecule has 1 atom stereocenters. The quantitative estimate of drug-likeness (QED) is 0.562. The molecule has 0 aliphatic carbocycles. The highest BCUT2D eigenvalue weighted by molar-refractivity contribution is 7.80. The Morgan fingerprint density at radius 3 is 2.93 bits per heavy atom. The molecule has 1 unspecified atom stereocenters. The van der Waals surface area contributed by atoms with Crippen molar-refractivity contribution in [3.05, 3.63) is 0 Å². The van der Waals surface area contributed by atoms with Gasteiger partial charge in [0, 0.05) is 6.54 Å². The molecule has 0 spiro atoms. The second kappa shape index (κ2) is 6.36. The number of piperidine rings is 1. The number of nitrogens with zero attached hydrogens (tertiary/aromatic N) is 1. The fraction of sp³-hybridized carbons (Fsp3) is 0.909. The molecule has 0 radical (unpaired) electrons. The van der Waals surface area contributed by atoms with Crippen LogP contribution in [-0.2, 0) is 0 Å². The van der Waals surface area contributed by atoms with Crippen LogP contribution >= 0.6 is 12.2 Å². The zero-order valence-corrected chi connectivity index (χ0v) is 9.98. The molecular formula is C11H22N2S. The van der Waals surface area contributed by atoms with Gasteiger partial charge in [0.15, 0.2) is 0 Å². The summed E-state index contributed by atoms with van der Waals surface area (Å²) in [6.45, 7) is 6.15. The number of rotatable bonds is 5. The lowest BCUT2D eigenvalue weighted by molar-refractivity contribution is 0.181. The number of hydrogen-bond acceptors (Lipinski definition) is 2.